The molecule has 0 saturated heterocycles. The Bertz CT molecular complexity index is 482. The van der Waals surface area contributed by atoms with E-state index < -0.39 is 0 Å². The highest BCUT2D eigenvalue weighted by atomic mass is 16.6. The second kappa shape index (κ2) is 9.00. The smallest absolute Gasteiger partial charge is 0.311 e. The summed E-state index contributed by atoms with van der Waals surface area (Å²) in [4.78, 5) is 23.2. The van der Waals surface area contributed by atoms with Gasteiger partial charge in [-0.1, -0.05) is 13.8 Å². The Kier molecular flexibility index (Phi) is 7.29. The molecule has 5 heteroatoms. The van der Waals surface area contributed by atoms with E-state index in [-0.39, 0.29) is 23.4 Å². The topological polar surface area (TPSA) is 61.8 Å². The van der Waals surface area contributed by atoms with E-state index in [1.54, 1.807) is 18.2 Å². The van der Waals surface area contributed by atoms with Crippen molar-refractivity contribution >= 4 is 11.9 Å². The fourth-order valence-corrected chi connectivity index (χ4v) is 1.66. The molecule has 0 aliphatic carbocycles. The average Bonchev–Trinajstić information content (AvgIpc) is 2.42. The van der Waals surface area contributed by atoms with Crippen LogP contribution in [0.2, 0.25) is 0 Å². The van der Waals surface area contributed by atoms with Crippen molar-refractivity contribution in [2.45, 2.75) is 46.5 Å². The van der Waals surface area contributed by atoms with Gasteiger partial charge in [-0.3, -0.25) is 9.59 Å². The first-order valence-electron chi connectivity index (χ1n) is 7.28. The molecule has 0 saturated carbocycles. The fourth-order valence-electron chi connectivity index (χ4n) is 1.66. The van der Waals surface area contributed by atoms with Crippen molar-refractivity contribution < 1.29 is 23.8 Å². The monoisotopic (exact) mass is 294 g/mol. The largest absolute Gasteiger partial charge is 0.494 e. The van der Waals surface area contributed by atoms with Crippen LogP contribution >= 0.6 is 0 Å². The molecular weight excluding hydrogens is 272 g/mol. The average molecular weight is 294 g/mol. The molecule has 0 fully saturated rings. The lowest BCUT2D eigenvalue weighted by Gasteiger charge is -2.12. The molecule has 0 amide bonds. The summed E-state index contributed by atoms with van der Waals surface area (Å²) in [6, 6.07) is 4.81. The van der Waals surface area contributed by atoms with Gasteiger partial charge >= 0.3 is 11.9 Å². The van der Waals surface area contributed by atoms with Crippen LogP contribution in [-0.2, 0) is 9.59 Å². The summed E-state index contributed by atoms with van der Waals surface area (Å²) in [5.41, 5.74) is 0. The van der Waals surface area contributed by atoms with Crippen molar-refractivity contribution in [2.24, 2.45) is 0 Å². The van der Waals surface area contributed by atoms with E-state index in [1.165, 1.54) is 0 Å². The van der Waals surface area contributed by atoms with Crippen LogP contribution in [-0.4, -0.2) is 18.5 Å². The van der Waals surface area contributed by atoms with Crippen molar-refractivity contribution in [3.63, 3.8) is 0 Å². The van der Waals surface area contributed by atoms with Gasteiger partial charge in [-0.15, -0.1) is 0 Å². The predicted molar refractivity (Wildman–Crippen MR) is 78.7 cm³/mol. The quantitative estimate of drug-likeness (QED) is 0.542. The van der Waals surface area contributed by atoms with Crippen molar-refractivity contribution in [3.8, 4) is 17.2 Å². The van der Waals surface area contributed by atoms with E-state index in [9.17, 15) is 9.59 Å². The minimum atomic E-state index is -0.362. The molecule has 1 aromatic rings. The van der Waals surface area contributed by atoms with Gasteiger partial charge in [0.05, 0.1) is 6.61 Å². The van der Waals surface area contributed by atoms with Crippen LogP contribution in [0.1, 0.15) is 46.5 Å². The maximum absolute atomic E-state index is 11.6. The Morgan fingerprint density at radius 2 is 1.48 bits per heavy atom. The van der Waals surface area contributed by atoms with Gasteiger partial charge in [0.1, 0.15) is 5.75 Å². The van der Waals surface area contributed by atoms with E-state index in [0.717, 1.165) is 0 Å². The number of carbonyl (C=O) groups is 2. The number of hydrogen-bond donors (Lipinski definition) is 0. The normalized spacial score (nSPS) is 10.0. The molecule has 21 heavy (non-hydrogen) atoms. The van der Waals surface area contributed by atoms with Crippen LogP contribution in [0.15, 0.2) is 18.2 Å². The number of carbonyl (C=O) groups excluding carboxylic acids is 2. The molecule has 0 aliphatic heterocycles. The molecule has 0 spiro atoms. The van der Waals surface area contributed by atoms with Gasteiger partial charge < -0.3 is 14.2 Å². The van der Waals surface area contributed by atoms with Crippen molar-refractivity contribution in [1.82, 2.24) is 0 Å². The summed E-state index contributed by atoms with van der Waals surface area (Å²) in [5, 5.41) is 0. The Morgan fingerprint density at radius 1 is 0.905 bits per heavy atom. The summed E-state index contributed by atoms with van der Waals surface area (Å²) in [6.45, 7) is 6.14. The van der Waals surface area contributed by atoms with Gasteiger partial charge in [-0.2, -0.15) is 0 Å². The summed E-state index contributed by atoms with van der Waals surface area (Å²) in [6.07, 6.45) is 2.01. The molecule has 0 bridgehead atoms. The van der Waals surface area contributed by atoms with E-state index in [2.05, 4.69) is 0 Å². The van der Waals surface area contributed by atoms with Crippen molar-refractivity contribution in [2.75, 3.05) is 6.61 Å². The minimum absolute atomic E-state index is 0.212. The lowest BCUT2D eigenvalue weighted by molar-refractivity contribution is -0.137. The first-order chi connectivity index (χ1) is 10.1. The maximum Gasteiger partial charge on any atom is 0.311 e. The van der Waals surface area contributed by atoms with E-state index in [1.807, 2.05) is 20.8 Å². The Morgan fingerprint density at radius 3 is 2.00 bits per heavy atom. The highest BCUT2D eigenvalue weighted by molar-refractivity contribution is 5.76. The summed E-state index contributed by atoms with van der Waals surface area (Å²) < 4.78 is 15.8. The van der Waals surface area contributed by atoms with Gasteiger partial charge in [-0.25, -0.2) is 0 Å². The third-order valence-electron chi connectivity index (χ3n) is 2.58. The Labute approximate surface area is 125 Å². The third-order valence-corrected chi connectivity index (χ3v) is 2.58. The molecule has 5 nitrogen and oxygen atoms in total. The standard InChI is InChI=1S/C16H22O5/c1-4-7-15(17)20-13-10-9-12(19-6-3)11-14(13)21-16(18)8-5-2/h9-11H,4-8H2,1-3H3. The highest BCUT2D eigenvalue weighted by Gasteiger charge is 2.14. The lowest BCUT2D eigenvalue weighted by Crippen LogP contribution is -2.11. The van der Waals surface area contributed by atoms with Gasteiger partial charge in [0.2, 0.25) is 0 Å². The molecule has 0 heterocycles. The van der Waals surface area contributed by atoms with Gasteiger partial charge in [0.15, 0.2) is 11.5 Å². The number of ether oxygens (including phenoxy) is 3. The summed E-state index contributed by atoms with van der Waals surface area (Å²) in [5.74, 6) is 0.297. The predicted octanol–water partition coefficient (Wildman–Crippen LogP) is 3.50. The molecular formula is C16H22O5. The lowest BCUT2D eigenvalue weighted by atomic mass is 10.3. The molecule has 116 valence electrons. The second-order valence-corrected chi connectivity index (χ2v) is 4.49. The minimum Gasteiger partial charge on any atom is -0.494 e. The third kappa shape index (κ3) is 5.85. The zero-order valence-corrected chi connectivity index (χ0v) is 12.8. The van der Waals surface area contributed by atoms with Crippen LogP contribution in [0.4, 0.5) is 0 Å². The van der Waals surface area contributed by atoms with Gasteiger partial charge in [0.25, 0.3) is 0 Å². The van der Waals surface area contributed by atoms with Crippen LogP contribution in [0.5, 0.6) is 17.2 Å². The zero-order chi connectivity index (χ0) is 15.7. The first-order valence-corrected chi connectivity index (χ1v) is 7.28. The Balaban J connectivity index is 2.93. The first kappa shape index (κ1) is 17.0. The molecule has 1 rings (SSSR count). The fraction of sp³-hybridized carbons (Fsp3) is 0.500. The molecule has 0 aliphatic rings. The number of hydrogen-bond acceptors (Lipinski definition) is 5. The second-order valence-electron chi connectivity index (χ2n) is 4.49. The molecule has 0 aromatic heterocycles. The number of benzene rings is 1. The molecule has 0 N–H and O–H groups in total. The molecule has 1 aromatic carbocycles. The summed E-state index contributed by atoms with van der Waals surface area (Å²) in [7, 11) is 0. The number of esters is 2. The molecule has 0 atom stereocenters. The van der Waals surface area contributed by atoms with Crippen LogP contribution in [0.3, 0.4) is 0 Å². The zero-order valence-electron chi connectivity index (χ0n) is 12.8. The number of rotatable bonds is 8. The van der Waals surface area contributed by atoms with E-state index in [0.29, 0.717) is 38.0 Å². The van der Waals surface area contributed by atoms with Crippen LogP contribution in [0, 0.1) is 0 Å². The van der Waals surface area contributed by atoms with Gasteiger partial charge in [-0.05, 0) is 31.9 Å². The Hall–Kier alpha value is -2.04. The van der Waals surface area contributed by atoms with Crippen LogP contribution in [0.25, 0.3) is 0 Å². The molecule has 0 radical (unpaired) electrons. The summed E-state index contributed by atoms with van der Waals surface area (Å²) >= 11 is 0. The van der Waals surface area contributed by atoms with E-state index in [4.69, 9.17) is 14.2 Å². The van der Waals surface area contributed by atoms with Crippen molar-refractivity contribution in [3.05, 3.63) is 18.2 Å². The highest BCUT2D eigenvalue weighted by Crippen LogP contribution is 2.32. The van der Waals surface area contributed by atoms with Crippen LogP contribution < -0.4 is 14.2 Å². The molecule has 0 unspecified atom stereocenters. The maximum atomic E-state index is 11.6. The van der Waals surface area contributed by atoms with Crippen molar-refractivity contribution in [1.29, 1.82) is 0 Å². The van der Waals surface area contributed by atoms with E-state index >= 15 is 0 Å². The van der Waals surface area contributed by atoms with Gasteiger partial charge in [0, 0.05) is 18.9 Å². The SMILES string of the molecule is CCCC(=O)Oc1ccc(OCC)cc1OC(=O)CCC.